The highest BCUT2D eigenvalue weighted by Gasteiger charge is 2.32. The second-order valence-corrected chi connectivity index (χ2v) is 6.66. The first-order chi connectivity index (χ1) is 7.36. The fourth-order valence-corrected chi connectivity index (χ4v) is 3.89. The van der Waals surface area contributed by atoms with Crippen LogP contribution >= 0.6 is 11.8 Å². The fraction of sp³-hybridized carbons (Fsp3) is 1.00. The van der Waals surface area contributed by atoms with Crippen LogP contribution in [0.15, 0.2) is 0 Å². The summed E-state index contributed by atoms with van der Waals surface area (Å²) in [5, 5.41) is 0.735. The minimum Gasteiger partial charge on any atom is -0.305 e. The van der Waals surface area contributed by atoms with Gasteiger partial charge in [-0.15, -0.1) is 0 Å². The molecule has 0 N–H and O–H groups in total. The molecule has 0 fully saturated rings. The van der Waals surface area contributed by atoms with Gasteiger partial charge in [0.05, 0.1) is 0 Å². The average molecular weight is 245 g/mol. The Morgan fingerprint density at radius 3 is 1.81 bits per heavy atom. The molecule has 1 nitrogen and oxygen atoms in total. The molecule has 2 heteroatoms. The molecule has 0 rings (SSSR count). The number of hydrogen-bond donors (Lipinski definition) is 0. The van der Waals surface area contributed by atoms with Crippen LogP contribution in [0.1, 0.15) is 41.0 Å². The zero-order valence-electron chi connectivity index (χ0n) is 12.4. The predicted octanol–water partition coefficient (Wildman–Crippen LogP) is 3.99. The molecular formula is C14H31NS. The van der Waals surface area contributed by atoms with Crippen LogP contribution < -0.4 is 0 Å². The van der Waals surface area contributed by atoms with Gasteiger partial charge in [-0.25, -0.2) is 0 Å². The Kier molecular flexibility index (Phi) is 7.75. The van der Waals surface area contributed by atoms with E-state index >= 15 is 0 Å². The van der Waals surface area contributed by atoms with Crippen molar-refractivity contribution in [1.29, 1.82) is 0 Å². The normalized spacial score (nSPS) is 19.9. The maximum Gasteiger partial charge on any atom is 0.0239 e. The van der Waals surface area contributed by atoms with Crippen molar-refractivity contribution in [2.24, 2.45) is 17.8 Å². The average Bonchev–Trinajstić information content (AvgIpc) is 2.22. The molecule has 0 aromatic carbocycles. The van der Waals surface area contributed by atoms with Gasteiger partial charge in [-0.2, -0.15) is 11.8 Å². The van der Waals surface area contributed by atoms with Gasteiger partial charge in [-0.1, -0.05) is 41.0 Å². The van der Waals surface area contributed by atoms with Gasteiger partial charge in [-0.3, -0.25) is 0 Å². The molecule has 16 heavy (non-hydrogen) atoms. The molecule has 0 aliphatic rings. The Hall–Kier alpha value is 0.310. The molecule has 0 heterocycles. The van der Waals surface area contributed by atoms with Crippen LogP contribution in [0, 0.1) is 17.8 Å². The molecule has 0 aromatic rings. The van der Waals surface area contributed by atoms with Crippen LogP contribution in [-0.4, -0.2) is 36.5 Å². The van der Waals surface area contributed by atoms with Gasteiger partial charge in [0.25, 0.3) is 0 Å². The molecule has 0 aromatic heterocycles. The standard InChI is InChI=1S/C14H31NS/c1-9-11(4)12(5)13(15(6)7)14(16-8)10(2)3/h10-14H,9H2,1-8H3/t11?,12?,13-,14+/m1/s1. The fourth-order valence-electron chi connectivity index (χ4n) is 2.58. The van der Waals surface area contributed by atoms with E-state index < -0.39 is 0 Å². The first-order valence-electron chi connectivity index (χ1n) is 6.55. The van der Waals surface area contributed by atoms with E-state index in [4.69, 9.17) is 0 Å². The minimum atomic E-state index is 0.685. The number of nitrogens with zero attached hydrogens (tertiary/aromatic N) is 1. The predicted molar refractivity (Wildman–Crippen MR) is 78.2 cm³/mol. The summed E-state index contributed by atoms with van der Waals surface area (Å²) in [5.74, 6) is 2.31. The third-order valence-corrected chi connectivity index (χ3v) is 5.31. The van der Waals surface area contributed by atoms with Crippen LogP contribution in [0.3, 0.4) is 0 Å². The van der Waals surface area contributed by atoms with Gasteiger partial charge < -0.3 is 4.90 Å². The molecule has 0 radical (unpaired) electrons. The molecule has 0 aliphatic heterocycles. The SMILES string of the molecule is CCC(C)C(C)[C@H]([C@@H](SC)C(C)C)N(C)C. The highest BCUT2D eigenvalue weighted by molar-refractivity contribution is 7.99. The molecule has 0 saturated heterocycles. The van der Waals surface area contributed by atoms with E-state index in [2.05, 4.69) is 59.9 Å². The summed E-state index contributed by atoms with van der Waals surface area (Å²) in [7, 11) is 4.46. The van der Waals surface area contributed by atoms with Crippen molar-refractivity contribution in [3.8, 4) is 0 Å². The lowest BCUT2D eigenvalue weighted by Crippen LogP contribution is -2.46. The molecule has 98 valence electrons. The van der Waals surface area contributed by atoms with Crippen LogP contribution in [-0.2, 0) is 0 Å². The highest BCUT2D eigenvalue weighted by Crippen LogP contribution is 2.32. The summed E-state index contributed by atoms with van der Waals surface area (Å²) in [5.41, 5.74) is 0. The van der Waals surface area contributed by atoms with Gasteiger partial charge in [-0.05, 0) is 38.1 Å². The van der Waals surface area contributed by atoms with Crippen LogP contribution in [0.25, 0.3) is 0 Å². The lowest BCUT2D eigenvalue weighted by molar-refractivity contribution is 0.156. The summed E-state index contributed by atoms with van der Waals surface area (Å²) in [6, 6.07) is 0.685. The second kappa shape index (κ2) is 7.60. The Bertz CT molecular complexity index is 180. The molecule has 4 atom stereocenters. The topological polar surface area (TPSA) is 3.24 Å². The second-order valence-electron chi connectivity index (χ2n) is 5.64. The number of rotatable bonds is 7. The molecule has 0 aliphatic carbocycles. The molecule has 0 spiro atoms. The van der Waals surface area contributed by atoms with Gasteiger partial charge in [0.1, 0.15) is 0 Å². The smallest absolute Gasteiger partial charge is 0.0239 e. The summed E-state index contributed by atoms with van der Waals surface area (Å²) in [4.78, 5) is 2.43. The van der Waals surface area contributed by atoms with Crippen LogP contribution in [0.5, 0.6) is 0 Å². The van der Waals surface area contributed by atoms with E-state index in [1.54, 1.807) is 0 Å². The van der Waals surface area contributed by atoms with E-state index in [0.717, 1.165) is 23.0 Å². The van der Waals surface area contributed by atoms with Gasteiger partial charge in [0, 0.05) is 11.3 Å². The van der Waals surface area contributed by atoms with Crippen molar-refractivity contribution >= 4 is 11.8 Å². The lowest BCUT2D eigenvalue weighted by atomic mass is 9.82. The van der Waals surface area contributed by atoms with Crippen LogP contribution in [0.2, 0.25) is 0 Å². The van der Waals surface area contributed by atoms with Crippen molar-refractivity contribution < 1.29 is 0 Å². The lowest BCUT2D eigenvalue weighted by Gasteiger charge is -2.40. The van der Waals surface area contributed by atoms with Crippen molar-refractivity contribution in [3.05, 3.63) is 0 Å². The summed E-state index contributed by atoms with van der Waals surface area (Å²) >= 11 is 2.03. The molecule has 2 unspecified atom stereocenters. The Morgan fingerprint density at radius 1 is 1.06 bits per heavy atom. The quantitative estimate of drug-likeness (QED) is 0.667. The third kappa shape index (κ3) is 4.29. The summed E-state index contributed by atoms with van der Waals surface area (Å²) in [6.07, 6.45) is 3.54. The Balaban J connectivity index is 4.83. The van der Waals surface area contributed by atoms with E-state index in [1.807, 2.05) is 11.8 Å². The third-order valence-electron chi connectivity index (χ3n) is 3.94. The molecular weight excluding hydrogens is 214 g/mol. The van der Waals surface area contributed by atoms with Crippen molar-refractivity contribution in [3.63, 3.8) is 0 Å². The minimum absolute atomic E-state index is 0.685. The van der Waals surface area contributed by atoms with E-state index in [9.17, 15) is 0 Å². The van der Waals surface area contributed by atoms with Crippen molar-refractivity contribution in [1.82, 2.24) is 4.90 Å². The number of hydrogen-bond acceptors (Lipinski definition) is 2. The van der Waals surface area contributed by atoms with Gasteiger partial charge >= 0.3 is 0 Å². The summed E-state index contributed by atoms with van der Waals surface area (Å²) in [6.45, 7) is 11.8. The first-order valence-corrected chi connectivity index (χ1v) is 7.84. The van der Waals surface area contributed by atoms with Crippen molar-refractivity contribution in [2.75, 3.05) is 20.4 Å². The van der Waals surface area contributed by atoms with E-state index in [-0.39, 0.29) is 0 Å². The first kappa shape index (κ1) is 16.3. The molecule has 0 bridgehead atoms. The number of thioether (sulfide) groups is 1. The van der Waals surface area contributed by atoms with E-state index in [1.165, 1.54) is 6.42 Å². The zero-order valence-corrected chi connectivity index (χ0v) is 13.3. The van der Waals surface area contributed by atoms with Crippen molar-refractivity contribution in [2.45, 2.75) is 52.3 Å². The van der Waals surface area contributed by atoms with Gasteiger partial charge in [0.15, 0.2) is 0 Å². The Morgan fingerprint density at radius 2 is 1.56 bits per heavy atom. The largest absolute Gasteiger partial charge is 0.305 e. The summed E-state index contributed by atoms with van der Waals surface area (Å²) < 4.78 is 0. The van der Waals surface area contributed by atoms with E-state index in [0.29, 0.717) is 6.04 Å². The highest BCUT2D eigenvalue weighted by atomic mass is 32.2. The van der Waals surface area contributed by atoms with Gasteiger partial charge in [0.2, 0.25) is 0 Å². The Labute approximate surface area is 107 Å². The molecule has 0 saturated carbocycles. The monoisotopic (exact) mass is 245 g/mol. The maximum absolute atomic E-state index is 2.43. The molecule has 0 amide bonds. The zero-order chi connectivity index (χ0) is 12.9. The van der Waals surface area contributed by atoms with Crippen LogP contribution in [0.4, 0.5) is 0 Å². The maximum atomic E-state index is 2.43.